The summed E-state index contributed by atoms with van der Waals surface area (Å²) < 4.78 is 7.73. The van der Waals surface area contributed by atoms with Crippen LogP contribution in [0, 0.1) is 0 Å². The number of nitrogens with two attached hydrogens (primary N) is 1. The molecule has 0 atom stereocenters. The lowest BCUT2D eigenvalue weighted by Gasteiger charge is -2.11. The van der Waals surface area contributed by atoms with Crippen LogP contribution in [0.1, 0.15) is 19.5 Å². The van der Waals surface area contributed by atoms with Gasteiger partial charge < -0.3 is 10.5 Å². The van der Waals surface area contributed by atoms with Gasteiger partial charge in [-0.3, -0.25) is 4.40 Å². The van der Waals surface area contributed by atoms with Gasteiger partial charge in [-0.2, -0.15) is 0 Å². The van der Waals surface area contributed by atoms with Crippen molar-refractivity contribution in [2.45, 2.75) is 26.4 Å². The summed E-state index contributed by atoms with van der Waals surface area (Å²) in [7, 11) is 0. The molecule has 120 valence electrons. The van der Waals surface area contributed by atoms with Crippen LogP contribution in [-0.4, -0.2) is 22.0 Å². The average molecular weight is 330 g/mol. The minimum atomic E-state index is 0.156. The van der Waals surface area contributed by atoms with Gasteiger partial charge in [-0.1, -0.05) is 11.6 Å². The normalized spacial score (nSPS) is 11.3. The van der Waals surface area contributed by atoms with E-state index in [0.29, 0.717) is 11.6 Å². The fourth-order valence-corrected chi connectivity index (χ4v) is 2.81. The zero-order valence-electron chi connectivity index (χ0n) is 13.3. The highest BCUT2D eigenvalue weighted by molar-refractivity contribution is 6.30. The standard InChI is InChI=1S/C18H20ClN3O/c1-12(2)23-15-6-3-13(4-7-15)18-16(9-10-20)21-17-8-5-14(19)11-22(17)18/h3-8,11-12H,9-10,20H2,1-2H3. The number of hydrogen-bond acceptors (Lipinski definition) is 3. The zero-order valence-corrected chi connectivity index (χ0v) is 14.0. The van der Waals surface area contributed by atoms with Crippen molar-refractivity contribution < 1.29 is 4.74 Å². The third-order valence-corrected chi connectivity index (χ3v) is 3.76. The molecule has 0 fully saturated rings. The van der Waals surface area contributed by atoms with E-state index in [1.807, 2.05) is 60.8 Å². The lowest BCUT2D eigenvalue weighted by Crippen LogP contribution is -2.05. The number of ether oxygens (including phenoxy) is 1. The second kappa shape index (κ2) is 6.60. The van der Waals surface area contributed by atoms with Crippen molar-refractivity contribution in [3.05, 3.63) is 53.3 Å². The van der Waals surface area contributed by atoms with Crippen molar-refractivity contribution in [1.29, 1.82) is 0 Å². The second-order valence-corrected chi connectivity index (χ2v) is 6.15. The Morgan fingerprint density at radius 2 is 1.91 bits per heavy atom. The molecule has 0 radical (unpaired) electrons. The summed E-state index contributed by atoms with van der Waals surface area (Å²) in [6.07, 6.45) is 2.76. The maximum Gasteiger partial charge on any atom is 0.137 e. The smallest absolute Gasteiger partial charge is 0.137 e. The molecule has 0 aliphatic rings. The van der Waals surface area contributed by atoms with E-state index in [9.17, 15) is 0 Å². The maximum atomic E-state index is 6.15. The van der Waals surface area contributed by atoms with Gasteiger partial charge >= 0.3 is 0 Å². The SMILES string of the molecule is CC(C)Oc1ccc(-c2c(CCN)nc3ccc(Cl)cn23)cc1. The van der Waals surface area contributed by atoms with Gasteiger partial charge in [-0.05, 0) is 56.8 Å². The van der Waals surface area contributed by atoms with Gasteiger partial charge in [0.25, 0.3) is 0 Å². The first-order valence-electron chi connectivity index (χ1n) is 7.72. The molecule has 0 saturated heterocycles. The molecule has 1 aromatic carbocycles. The van der Waals surface area contributed by atoms with Crippen LogP contribution in [0.25, 0.3) is 16.9 Å². The summed E-state index contributed by atoms with van der Waals surface area (Å²) in [5.41, 5.74) is 9.69. The number of pyridine rings is 1. The Balaban J connectivity index is 2.09. The van der Waals surface area contributed by atoms with E-state index in [2.05, 4.69) is 4.98 Å². The van der Waals surface area contributed by atoms with E-state index >= 15 is 0 Å². The topological polar surface area (TPSA) is 52.5 Å². The summed E-state index contributed by atoms with van der Waals surface area (Å²) in [6, 6.07) is 11.8. The van der Waals surface area contributed by atoms with Gasteiger partial charge in [0.2, 0.25) is 0 Å². The quantitative estimate of drug-likeness (QED) is 0.771. The van der Waals surface area contributed by atoms with Gasteiger partial charge in [0.15, 0.2) is 0 Å². The van der Waals surface area contributed by atoms with Crippen LogP contribution in [-0.2, 0) is 6.42 Å². The lowest BCUT2D eigenvalue weighted by molar-refractivity contribution is 0.242. The molecule has 0 amide bonds. The number of halogens is 1. The van der Waals surface area contributed by atoms with Gasteiger partial charge in [-0.25, -0.2) is 4.98 Å². The van der Waals surface area contributed by atoms with Crippen LogP contribution < -0.4 is 10.5 Å². The molecular formula is C18H20ClN3O. The Labute approximate surface area is 140 Å². The minimum absolute atomic E-state index is 0.156. The molecule has 3 aromatic rings. The number of benzene rings is 1. The van der Waals surface area contributed by atoms with Gasteiger partial charge in [-0.15, -0.1) is 0 Å². The molecule has 0 spiro atoms. The lowest BCUT2D eigenvalue weighted by atomic mass is 10.1. The van der Waals surface area contributed by atoms with Crippen molar-refractivity contribution in [3.8, 4) is 17.0 Å². The van der Waals surface area contributed by atoms with E-state index in [1.165, 1.54) is 0 Å². The molecule has 2 aromatic heterocycles. The average Bonchev–Trinajstić information content (AvgIpc) is 2.85. The Kier molecular flexibility index (Phi) is 4.55. The summed E-state index contributed by atoms with van der Waals surface area (Å²) in [4.78, 5) is 4.68. The molecule has 23 heavy (non-hydrogen) atoms. The number of hydrogen-bond donors (Lipinski definition) is 1. The highest BCUT2D eigenvalue weighted by Crippen LogP contribution is 2.28. The third kappa shape index (κ3) is 3.33. The van der Waals surface area contributed by atoms with Crippen molar-refractivity contribution in [1.82, 2.24) is 9.38 Å². The van der Waals surface area contributed by atoms with E-state index in [-0.39, 0.29) is 6.10 Å². The first-order valence-corrected chi connectivity index (χ1v) is 8.10. The molecule has 0 aliphatic carbocycles. The Morgan fingerprint density at radius 1 is 1.17 bits per heavy atom. The molecular weight excluding hydrogens is 310 g/mol. The van der Waals surface area contributed by atoms with Crippen LogP contribution in [0.5, 0.6) is 5.75 Å². The van der Waals surface area contributed by atoms with Crippen molar-refractivity contribution in [2.75, 3.05) is 6.54 Å². The first kappa shape index (κ1) is 15.8. The molecule has 2 heterocycles. The van der Waals surface area contributed by atoms with Crippen molar-refractivity contribution >= 4 is 17.2 Å². The molecule has 3 rings (SSSR count). The van der Waals surface area contributed by atoms with Gasteiger partial charge in [0, 0.05) is 18.2 Å². The Bertz CT molecular complexity index is 809. The number of aromatic nitrogens is 2. The van der Waals surface area contributed by atoms with Crippen LogP contribution in [0.15, 0.2) is 42.6 Å². The Hall–Kier alpha value is -2.04. The van der Waals surface area contributed by atoms with E-state index in [4.69, 9.17) is 22.1 Å². The fourth-order valence-electron chi connectivity index (χ4n) is 2.65. The van der Waals surface area contributed by atoms with E-state index < -0.39 is 0 Å². The number of fused-ring (bicyclic) bond motifs is 1. The van der Waals surface area contributed by atoms with Gasteiger partial charge in [0.05, 0.1) is 22.5 Å². The molecule has 0 unspecified atom stereocenters. The zero-order chi connectivity index (χ0) is 16.4. The highest BCUT2D eigenvalue weighted by atomic mass is 35.5. The summed E-state index contributed by atoms with van der Waals surface area (Å²) in [6.45, 7) is 4.58. The first-order chi connectivity index (χ1) is 11.1. The molecule has 0 saturated carbocycles. The van der Waals surface area contributed by atoms with E-state index in [0.717, 1.165) is 34.8 Å². The van der Waals surface area contributed by atoms with E-state index in [1.54, 1.807) is 0 Å². The highest BCUT2D eigenvalue weighted by Gasteiger charge is 2.14. The molecule has 4 nitrogen and oxygen atoms in total. The number of imidazole rings is 1. The van der Waals surface area contributed by atoms with Crippen LogP contribution in [0.3, 0.4) is 0 Å². The fraction of sp³-hybridized carbons (Fsp3) is 0.278. The molecule has 0 bridgehead atoms. The summed E-state index contributed by atoms with van der Waals surface area (Å²) >= 11 is 6.15. The van der Waals surface area contributed by atoms with Crippen LogP contribution in [0.4, 0.5) is 0 Å². The number of nitrogens with zero attached hydrogens (tertiary/aromatic N) is 2. The van der Waals surface area contributed by atoms with Crippen molar-refractivity contribution in [3.63, 3.8) is 0 Å². The third-order valence-electron chi connectivity index (χ3n) is 3.54. The predicted octanol–water partition coefficient (Wildman–Crippen LogP) is 3.94. The van der Waals surface area contributed by atoms with Gasteiger partial charge in [0.1, 0.15) is 11.4 Å². The molecule has 0 aliphatic heterocycles. The molecule has 5 heteroatoms. The van der Waals surface area contributed by atoms with Crippen LogP contribution in [0.2, 0.25) is 5.02 Å². The Morgan fingerprint density at radius 3 is 2.57 bits per heavy atom. The van der Waals surface area contributed by atoms with Crippen molar-refractivity contribution in [2.24, 2.45) is 5.73 Å². The molecule has 2 N–H and O–H groups in total. The monoisotopic (exact) mass is 329 g/mol. The van der Waals surface area contributed by atoms with Crippen LogP contribution >= 0.6 is 11.6 Å². The largest absolute Gasteiger partial charge is 0.491 e. The maximum absolute atomic E-state index is 6.15. The predicted molar refractivity (Wildman–Crippen MR) is 94.2 cm³/mol. The second-order valence-electron chi connectivity index (χ2n) is 5.71. The minimum Gasteiger partial charge on any atom is -0.491 e. The number of rotatable bonds is 5. The summed E-state index contributed by atoms with van der Waals surface area (Å²) in [5, 5.41) is 0.676. The summed E-state index contributed by atoms with van der Waals surface area (Å²) in [5.74, 6) is 0.857.